The van der Waals surface area contributed by atoms with Crippen LogP contribution in [0.4, 0.5) is 5.69 Å². The van der Waals surface area contributed by atoms with Crippen molar-refractivity contribution < 1.29 is 14.7 Å². The number of aliphatic carboxylic acids is 1. The second-order valence-electron chi connectivity index (χ2n) is 9.46. The summed E-state index contributed by atoms with van der Waals surface area (Å²) in [7, 11) is 0. The number of hydrogen-bond donors (Lipinski definition) is 2. The van der Waals surface area contributed by atoms with Crippen molar-refractivity contribution in [1.82, 2.24) is 0 Å². The monoisotopic (exact) mass is 333 g/mol. The fourth-order valence-electron chi connectivity index (χ4n) is 2.56. The lowest BCUT2D eigenvalue weighted by atomic mass is 9.74. The summed E-state index contributed by atoms with van der Waals surface area (Å²) in [6, 6.07) is 4.18. The van der Waals surface area contributed by atoms with Crippen LogP contribution in [0, 0.1) is 0 Å². The Hall–Kier alpha value is -1.84. The van der Waals surface area contributed by atoms with Crippen molar-refractivity contribution in [3.05, 3.63) is 28.8 Å². The van der Waals surface area contributed by atoms with Gasteiger partial charge in [-0.05, 0) is 32.9 Å². The SMILES string of the molecule is CC(C)(C)c1cc(C(C)(C)C)c(NC(=O)C(=O)O)c(C(C)(C)C)c1. The molecule has 0 aliphatic carbocycles. The predicted molar refractivity (Wildman–Crippen MR) is 98.8 cm³/mol. The van der Waals surface area contributed by atoms with Gasteiger partial charge in [0.15, 0.2) is 0 Å². The van der Waals surface area contributed by atoms with E-state index >= 15 is 0 Å². The van der Waals surface area contributed by atoms with Gasteiger partial charge in [-0.25, -0.2) is 4.79 Å². The van der Waals surface area contributed by atoms with Crippen molar-refractivity contribution in [2.45, 2.75) is 78.6 Å². The van der Waals surface area contributed by atoms with Gasteiger partial charge in [-0.2, -0.15) is 0 Å². The molecule has 0 aliphatic rings. The molecule has 0 fully saturated rings. The molecule has 0 aliphatic heterocycles. The molecule has 0 saturated heterocycles. The average Bonchev–Trinajstić information content (AvgIpc) is 2.34. The van der Waals surface area contributed by atoms with Crippen molar-refractivity contribution in [2.75, 3.05) is 5.32 Å². The van der Waals surface area contributed by atoms with E-state index in [0.717, 1.165) is 11.1 Å². The molecule has 134 valence electrons. The van der Waals surface area contributed by atoms with Gasteiger partial charge in [0.05, 0.1) is 0 Å². The minimum Gasteiger partial charge on any atom is -0.474 e. The molecule has 0 spiro atoms. The Morgan fingerprint density at radius 3 is 1.42 bits per heavy atom. The molecule has 4 nitrogen and oxygen atoms in total. The Morgan fingerprint density at radius 1 is 0.792 bits per heavy atom. The van der Waals surface area contributed by atoms with Crippen LogP contribution in [0.2, 0.25) is 0 Å². The maximum atomic E-state index is 11.8. The molecule has 0 atom stereocenters. The minimum atomic E-state index is -1.48. The van der Waals surface area contributed by atoms with Crippen LogP contribution >= 0.6 is 0 Å². The topological polar surface area (TPSA) is 66.4 Å². The van der Waals surface area contributed by atoms with Crippen LogP contribution in [-0.4, -0.2) is 17.0 Å². The lowest BCUT2D eigenvalue weighted by molar-refractivity contribution is -0.147. The van der Waals surface area contributed by atoms with E-state index in [1.807, 2.05) is 0 Å². The third kappa shape index (κ3) is 4.59. The van der Waals surface area contributed by atoms with Crippen LogP contribution in [0.5, 0.6) is 0 Å². The molecule has 1 aromatic carbocycles. The summed E-state index contributed by atoms with van der Waals surface area (Å²) in [5, 5.41) is 11.6. The van der Waals surface area contributed by atoms with E-state index in [2.05, 4.69) is 79.8 Å². The highest BCUT2D eigenvalue weighted by Crippen LogP contribution is 2.41. The second kappa shape index (κ2) is 6.23. The molecule has 0 aromatic heterocycles. The fraction of sp³-hybridized carbons (Fsp3) is 0.600. The molecule has 1 amide bonds. The summed E-state index contributed by atoms with van der Waals surface area (Å²) in [4.78, 5) is 22.9. The van der Waals surface area contributed by atoms with Crippen LogP contribution in [0.25, 0.3) is 0 Å². The summed E-state index contributed by atoms with van der Waals surface area (Å²) < 4.78 is 0. The van der Waals surface area contributed by atoms with Crippen molar-refractivity contribution >= 4 is 17.6 Å². The summed E-state index contributed by atoms with van der Waals surface area (Å²) in [6.07, 6.45) is 0. The number of rotatable bonds is 1. The van der Waals surface area contributed by atoms with E-state index in [0.29, 0.717) is 5.69 Å². The van der Waals surface area contributed by atoms with E-state index in [1.165, 1.54) is 5.56 Å². The van der Waals surface area contributed by atoms with E-state index in [4.69, 9.17) is 5.11 Å². The first-order chi connectivity index (χ1) is 10.5. The number of carboxylic acid groups (broad SMARTS) is 1. The van der Waals surface area contributed by atoms with Crippen molar-refractivity contribution in [3.8, 4) is 0 Å². The Kier molecular flexibility index (Phi) is 5.24. The normalized spacial score (nSPS) is 12.9. The van der Waals surface area contributed by atoms with E-state index in [1.54, 1.807) is 0 Å². The molecule has 2 N–H and O–H groups in total. The number of anilines is 1. The quantitative estimate of drug-likeness (QED) is 0.738. The van der Waals surface area contributed by atoms with E-state index < -0.39 is 11.9 Å². The molecule has 4 heteroatoms. The summed E-state index contributed by atoms with van der Waals surface area (Å²) in [5.74, 6) is -2.48. The van der Waals surface area contributed by atoms with Gasteiger partial charge in [-0.15, -0.1) is 0 Å². The molecule has 0 bridgehead atoms. The van der Waals surface area contributed by atoms with Gasteiger partial charge < -0.3 is 10.4 Å². The van der Waals surface area contributed by atoms with E-state index in [-0.39, 0.29) is 16.2 Å². The molecule has 1 aromatic rings. The number of hydrogen-bond acceptors (Lipinski definition) is 2. The Balaban J connectivity index is 3.81. The molecular weight excluding hydrogens is 302 g/mol. The van der Waals surface area contributed by atoms with Gasteiger partial charge in [-0.1, -0.05) is 74.4 Å². The summed E-state index contributed by atoms with van der Waals surface area (Å²) in [5.41, 5.74) is 3.19. The number of carboxylic acids is 1. The first-order valence-electron chi connectivity index (χ1n) is 8.29. The molecule has 0 radical (unpaired) electrons. The Morgan fingerprint density at radius 2 is 1.17 bits per heavy atom. The minimum absolute atomic E-state index is 0.0463. The van der Waals surface area contributed by atoms with Gasteiger partial charge >= 0.3 is 11.9 Å². The lowest BCUT2D eigenvalue weighted by Gasteiger charge is -2.33. The number of benzene rings is 1. The maximum Gasteiger partial charge on any atom is 0.394 e. The van der Waals surface area contributed by atoms with Gasteiger partial charge in [-0.3, -0.25) is 4.79 Å². The smallest absolute Gasteiger partial charge is 0.394 e. The molecule has 24 heavy (non-hydrogen) atoms. The van der Waals surface area contributed by atoms with Crippen molar-refractivity contribution in [1.29, 1.82) is 0 Å². The zero-order valence-corrected chi connectivity index (χ0v) is 16.4. The number of amides is 1. The first-order valence-corrected chi connectivity index (χ1v) is 8.29. The molecule has 1 rings (SSSR count). The van der Waals surface area contributed by atoms with E-state index in [9.17, 15) is 9.59 Å². The zero-order chi connectivity index (χ0) is 19.1. The molecule has 0 unspecified atom stereocenters. The van der Waals surface area contributed by atoms with Crippen LogP contribution in [0.15, 0.2) is 12.1 Å². The van der Waals surface area contributed by atoms with Gasteiger partial charge in [0.25, 0.3) is 0 Å². The van der Waals surface area contributed by atoms with Gasteiger partial charge in [0.2, 0.25) is 0 Å². The first kappa shape index (κ1) is 20.2. The highest BCUT2D eigenvalue weighted by atomic mass is 16.4. The van der Waals surface area contributed by atoms with Gasteiger partial charge in [0, 0.05) is 5.69 Å². The Bertz CT molecular complexity index is 618. The highest BCUT2D eigenvalue weighted by Gasteiger charge is 2.30. The lowest BCUT2D eigenvalue weighted by Crippen LogP contribution is -2.29. The molecular formula is C20H31NO3. The average molecular weight is 333 g/mol. The molecule has 0 heterocycles. The van der Waals surface area contributed by atoms with Crippen molar-refractivity contribution in [3.63, 3.8) is 0 Å². The van der Waals surface area contributed by atoms with Crippen LogP contribution < -0.4 is 5.32 Å². The largest absolute Gasteiger partial charge is 0.474 e. The Labute approximate surface area is 145 Å². The second-order valence-corrected chi connectivity index (χ2v) is 9.46. The van der Waals surface area contributed by atoms with Gasteiger partial charge in [0.1, 0.15) is 0 Å². The predicted octanol–water partition coefficient (Wildman–Crippen LogP) is 4.60. The van der Waals surface area contributed by atoms with Crippen LogP contribution in [0.1, 0.15) is 79.0 Å². The number of carbonyl (C=O) groups is 2. The number of nitrogens with one attached hydrogen (secondary N) is 1. The maximum absolute atomic E-state index is 11.8. The summed E-state index contributed by atoms with van der Waals surface area (Å²) in [6.45, 7) is 18.9. The third-order valence-electron chi connectivity index (χ3n) is 4.05. The third-order valence-corrected chi connectivity index (χ3v) is 4.05. The fourth-order valence-corrected chi connectivity index (χ4v) is 2.56. The number of carbonyl (C=O) groups excluding carboxylic acids is 1. The highest BCUT2D eigenvalue weighted by molar-refractivity contribution is 6.36. The van der Waals surface area contributed by atoms with Crippen molar-refractivity contribution in [2.24, 2.45) is 0 Å². The summed E-state index contributed by atoms with van der Waals surface area (Å²) >= 11 is 0. The van der Waals surface area contributed by atoms with Crippen LogP contribution in [0.3, 0.4) is 0 Å². The van der Waals surface area contributed by atoms with Crippen LogP contribution in [-0.2, 0) is 25.8 Å². The standard InChI is InChI=1S/C20H31NO3/c1-18(2,3)12-10-13(19(4,5)6)15(21-16(22)17(23)24)14(11-12)20(7,8)9/h10-11H,1-9H3,(H,21,22)(H,23,24). The zero-order valence-electron chi connectivity index (χ0n) is 16.4. The molecule has 0 saturated carbocycles.